The number of likely N-dealkylation sites (N-methyl/N-ethyl adjacent to an activating group) is 1. The third-order valence-electron chi connectivity index (χ3n) is 4.40. The van der Waals surface area contributed by atoms with Crippen LogP contribution in [-0.2, 0) is 6.54 Å². The lowest BCUT2D eigenvalue weighted by Crippen LogP contribution is -2.54. The highest BCUT2D eigenvalue weighted by Crippen LogP contribution is 2.22. The first-order valence-corrected chi connectivity index (χ1v) is 7.38. The van der Waals surface area contributed by atoms with Gasteiger partial charge in [-0.05, 0) is 38.6 Å². The number of hydrogen-bond acceptors (Lipinski definition) is 4. The fourth-order valence-corrected chi connectivity index (χ4v) is 2.96. The van der Waals surface area contributed by atoms with Gasteiger partial charge in [0.1, 0.15) is 11.6 Å². The number of rotatable bonds is 4. The van der Waals surface area contributed by atoms with Crippen molar-refractivity contribution in [3.05, 3.63) is 29.3 Å². The quantitative estimate of drug-likeness (QED) is 0.651. The van der Waals surface area contributed by atoms with Gasteiger partial charge in [0.05, 0.1) is 12.7 Å². The van der Waals surface area contributed by atoms with Gasteiger partial charge in [0.2, 0.25) is 0 Å². The van der Waals surface area contributed by atoms with Crippen LogP contribution in [0.15, 0.2) is 18.2 Å². The first-order valence-electron chi connectivity index (χ1n) is 7.38. The summed E-state index contributed by atoms with van der Waals surface area (Å²) in [7, 11) is 3.81. The summed E-state index contributed by atoms with van der Waals surface area (Å²) in [6.07, 6.45) is 0. The van der Waals surface area contributed by atoms with Crippen molar-refractivity contribution in [3.63, 3.8) is 0 Å². The van der Waals surface area contributed by atoms with Gasteiger partial charge in [-0.15, -0.1) is 0 Å². The molecule has 1 fully saturated rings. The average Bonchev–Trinajstić information content (AvgIpc) is 2.44. The number of amidine groups is 1. The maximum Gasteiger partial charge on any atom is 0.130 e. The molecule has 5 heteroatoms. The van der Waals surface area contributed by atoms with Gasteiger partial charge in [-0.25, -0.2) is 0 Å². The zero-order valence-corrected chi connectivity index (χ0v) is 13.4. The monoisotopic (exact) mass is 290 g/mol. The second kappa shape index (κ2) is 6.45. The number of methoxy groups -OCH3 is 1. The Labute approximate surface area is 127 Å². The largest absolute Gasteiger partial charge is 0.496 e. The van der Waals surface area contributed by atoms with E-state index in [1.165, 1.54) is 5.56 Å². The van der Waals surface area contributed by atoms with E-state index in [4.69, 9.17) is 15.9 Å². The minimum atomic E-state index is 0.0419. The van der Waals surface area contributed by atoms with E-state index in [1.807, 2.05) is 18.2 Å². The van der Waals surface area contributed by atoms with Crippen LogP contribution in [0, 0.1) is 5.41 Å². The number of nitrogen functional groups attached to an aromatic ring is 1. The van der Waals surface area contributed by atoms with Gasteiger partial charge in [0.25, 0.3) is 0 Å². The Balaban J connectivity index is 2.11. The number of hydrogen-bond donors (Lipinski definition) is 2. The number of nitrogens with zero attached hydrogens (tertiary/aromatic N) is 2. The van der Waals surface area contributed by atoms with Crippen LogP contribution in [-0.4, -0.2) is 55.0 Å². The maximum absolute atomic E-state index is 7.56. The highest BCUT2D eigenvalue weighted by molar-refractivity contribution is 5.97. The molecule has 1 aliphatic rings. The van der Waals surface area contributed by atoms with Crippen molar-refractivity contribution in [3.8, 4) is 5.75 Å². The summed E-state index contributed by atoms with van der Waals surface area (Å²) in [5.74, 6) is 0.718. The SMILES string of the molecule is COc1cc(CN2CC(C)N(C)C(C)C2)ccc1C(=N)N. The molecule has 1 heterocycles. The highest BCUT2D eigenvalue weighted by Gasteiger charge is 2.26. The van der Waals surface area contributed by atoms with Crippen LogP contribution in [0.25, 0.3) is 0 Å². The molecule has 2 rings (SSSR count). The van der Waals surface area contributed by atoms with E-state index < -0.39 is 0 Å². The number of piperazine rings is 1. The molecular formula is C16H26N4O. The Morgan fingerprint density at radius 1 is 1.33 bits per heavy atom. The molecule has 0 amide bonds. The first-order chi connectivity index (χ1) is 9.92. The fraction of sp³-hybridized carbons (Fsp3) is 0.562. The Kier molecular flexibility index (Phi) is 4.85. The van der Waals surface area contributed by atoms with Crippen LogP contribution >= 0.6 is 0 Å². The van der Waals surface area contributed by atoms with Crippen molar-refractivity contribution in [1.29, 1.82) is 5.41 Å². The summed E-state index contributed by atoms with van der Waals surface area (Å²) >= 11 is 0. The normalized spacial score (nSPS) is 24.0. The fourth-order valence-electron chi connectivity index (χ4n) is 2.96. The summed E-state index contributed by atoms with van der Waals surface area (Å²) < 4.78 is 5.35. The third kappa shape index (κ3) is 3.54. The summed E-state index contributed by atoms with van der Waals surface area (Å²) in [6.45, 7) is 7.57. The first kappa shape index (κ1) is 15.8. The standard InChI is InChI=1S/C16H26N4O/c1-11-8-20(9-12(2)19(11)3)10-13-5-6-14(16(17)18)15(7-13)21-4/h5-7,11-12H,8-10H2,1-4H3,(H3,17,18). The zero-order valence-electron chi connectivity index (χ0n) is 13.4. The van der Waals surface area contributed by atoms with Gasteiger partial charge in [-0.2, -0.15) is 0 Å². The van der Waals surface area contributed by atoms with Gasteiger partial charge in [-0.3, -0.25) is 15.2 Å². The van der Waals surface area contributed by atoms with Gasteiger partial charge < -0.3 is 10.5 Å². The van der Waals surface area contributed by atoms with Gasteiger partial charge in [0.15, 0.2) is 0 Å². The summed E-state index contributed by atoms with van der Waals surface area (Å²) in [5.41, 5.74) is 7.41. The molecule has 5 nitrogen and oxygen atoms in total. The van der Waals surface area contributed by atoms with Crippen LogP contribution in [0.4, 0.5) is 0 Å². The van der Waals surface area contributed by atoms with E-state index >= 15 is 0 Å². The minimum absolute atomic E-state index is 0.0419. The van der Waals surface area contributed by atoms with E-state index in [1.54, 1.807) is 7.11 Å². The molecule has 1 aliphatic heterocycles. The minimum Gasteiger partial charge on any atom is -0.496 e. The van der Waals surface area contributed by atoms with Crippen LogP contribution < -0.4 is 10.5 Å². The van der Waals surface area contributed by atoms with E-state index in [2.05, 4.69) is 30.7 Å². The Morgan fingerprint density at radius 3 is 2.48 bits per heavy atom. The van der Waals surface area contributed by atoms with Crippen LogP contribution in [0.5, 0.6) is 5.75 Å². The van der Waals surface area contributed by atoms with Crippen molar-refractivity contribution < 1.29 is 4.74 Å². The molecule has 2 unspecified atom stereocenters. The van der Waals surface area contributed by atoms with Crippen molar-refractivity contribution in [2.75, 3.05) is 27.2 Å². The molecule has 116 valence electrons. The van der Waals surface area contributed by atoms with Crippen molar-refractivity contribution in [2.45, 2.75) is 32.5 Å². The molecule has 2 atom stereocenters. The average molecular weight is 290 g/mol. The van der Waals surface area contributed by atoms with Gasteiger partial charge in [0, 0.05) is 31.7 Å². The Morgan fingerprint density at radius 2 is 1.95 bits per heavy atom. The topological polar surface area (TPSA) is 65.6 Å². The van der Waals surface area contributed by atoms with Gasteiger partial charge in [-0.1, -0.05) is 6.07 Å². The van der Waals surface area contributed by atoms with Crippen LogP contribution in [0.2, 0.25) is 0 Å². The van der Waals surface area contributed by atoms with E-state index in [0.29, 0.717) is 23.4 Å². The predicted molar refractivity (Wildman–Crippen MR) is 86.0 cm³/mol. The van der Waals surface area contributed by atoms with Crippen LogP contribution in [0.1, 0.15) is 25.0 Å². The molecule has 1 saturated heterocycles. The molecule has 0 spiro atoms. The lowest BCUT2D eigenvalue weighted by molar-refractivity contribution is 0.0556. The summed E-state index contributed by atoms with van der Waals surface area (Å²) in [6, 6.07) is 7.02. The maximum atomic E-state index is 7.56. The third-order valence-corrected chi connectivity index (χ3v) is 4.40. The summed E-state index contributed by atoms with van der Waals surface area (Å²) in [4.78, 5) is 4.90. The molecule has 1 aromatic rings. The molecule has 0 saturated carbocycles. The number of nitrogens with one attached hydrogen (secondary N) is 1. The number of nitrogens with two attached hydrogens (primary N) is 1. The van der Waals surface area contributed by atoms with E-state index in [-0.39, 0.29) is 5.84 Å². The van der Waals surface area contributed by atoms with Crippen molar-refractivity contribution in [1.82, 2.24) is 9.80 Å². The molecule has 0 bridgehead atoms. The molecule has 0 aromatic heterocycles. The second-order valence-electron chi connectivity index (χ2n) is 6.01. The van der Waals surface area contributed by atoms with E-state index in [0.717, 1.165) is 19.6 Å². The molecule has 3 N–H and O–H groups in total. The van der Waals surface area contributed by atoms with Gasteiger partial charge >= 0.3 is 0 Å². The molecule has 21 heavy (non-hydrogen) atoms. The lowest BCUT2D eigenvalue weighted by atomic mass is 10.1. The molecular weight excluding hydrogens is 264 g/mol. The van der Waals surface area contributed by atoms with Crippen molar-refractivity contribution in [2.24, 2.45) is 5.73 Å². The Hall–Kier alpha value is -1.59. The lowest BCUT2D eigenvalue weighted by Gasteiger charge is -2.42. The zero-order chi connectivity index (χ0) is 15.6. The van der Waals surface area contributed by atoms with Crippen molar-refractivity contribution >= 4 is 5.84 Å². The highest BCUT2D eigenvalue weighted by atomic mass is 16.5. The van der Waals surface area contributed by atoms with E-state index in [9.17, 15) is 0 Å². The molecule has 0 radical (unpaired) electrons. The molecule has 1 aromatic carbocycles. The second-order valence-corrected chi connectivity index (χ2v) is 6.01. The van der Waals surface area contributed by atoms with Crippen LogP contribution in [0.3, 0.4) is 0 Å². The summed E-state index contributed by atoms with van der Waals surface area (Å²) in [5, 5.41) is 7.56. The smallest absolute Gasteiger partial charge is 0.130 e. The number of benzene rings is 1. The number of ether oxygens (including phenoxy) is 1. The molecule has 0 aliphatic carbocycles. The predicted octanol–water partition coefficient (Wildman–Crippen LogP) is 1.50. The Bertz CT molecular complexity index is 505.